The molecule has 0 fully saturated rings. The van der Waals surface area contributed by atoms with Crippen LogP contribution in [0.4, 0.5) is 0 Å². The quantitative estimate of drug-likeness (QED) is 0.636. The summed E-state index contributed by atoms with van der Waals surface area (Å²) in [6.45, 7) is 8.37. The zero-order valence-electron chi connectivity index (χ0n) is 8.18. The molecule has 0 aliphatic rings. The molecule has 0 saturated carbocycles. The summed E-state index contributed by atoms with van der Waals surface area (Å²) in [7, 11) is 0. The van der Waals surface area contributed by atoms with Crippen molar-refractivity contribution in [1.82, 2.24) is 0 Å². The molecule has 13 heavy (non-hydrogen) atoms. The Hall–Kier alpha value is -0.750. The van der Waals surface area contributed by atoms with Gasteiger partial charge in [0.25, 0.3) is 0 Å². The summed E-state index contributed by atoms with van der Waals surface area (Å²) in [4.78, 5) is 0. The molecule has 0 aromatic heterocycles. The first kappa shape index (κ1) is 10.3. The third-order valence-corrected chi connectivity index (χ3v) is 2.41. The summed E-state index contributed by atoms with van der Waals surface area (Å²) >= 11 is 5.79. The summed E-state index contributed by atoms with van der Waals surface area (Å²) in [6.07, 6.45) is 0.953. The van der Waals surface area contributed by atoms with Crippen molar-refractivity contribution in [2.45, 2.75) is 20.3 Å². The van der Waals surface area contributed by atoms with Crippen LogP contribution in [0.1, 0.15) is 19.4 Å². The number of allylic oxidation sites excluding steroid dienone is 1. The molecule has 1 rings (SSSR count). The molecule has 0 bridgehead atoms. The van der Waals surface area contributed by atoms with Crippen LogP contribution in [0.3, 0.4) is 0 Å². The van der Waals surface area contributed by atoms with E-state index in [9.17, 15) is 0 Å². The van der Waals surface area contributed by atoms with Crippen molar-refractivity contribution in [2.24, 2.45) is 5.92 Å². The van der Waals surface area contributed by atoms with E-state index >= 15 is 0 Å². The molecule has 0 radical (unpaired) electrons. The van der Waals surface area contributed by atoms with Gasteiger partial charge in [0, 0.05) is 5.02 Å². The van der Waals surface area contributed by atoms with Crippen molar-refractivity contribution in [3.05, 3.63) is 47.0 Å². The van der Waals surface area contributed by atoms with Gasteiger partial charge < -0.3 is 0 Å². The van der Waals surface area contributed by atoms with Gasteiger partial charge in [-0.05, 0) is 30.0 Å². The minimum Gasteiger partial charge on any atom is -0.0993 e. The van der Waals surface area contributed by atoms with Gasteiger partial charge >= 0.3 is 0 Å². The highest BCUT2D eigenvalue weighted by Gasteiger charge is 2.01. The Morgan fingerprint density at radius 3 is 2.31 bits per heavy atom. The van der Waals surface area contributed by atoms with Crippen molar-refractivity contribution in [3.63, 3.8) is 0 Å². The normalized spacial score (nSPS) is 10.5. The minimum absolute atomic E-state index is 0.552. The highest BCUT2D eigenvalue weighted by Crippen LogP contribution is 2.16. The smallest absolute Gasteiger partial charge is 0.0406 e. The molecule has 0 aliphatic heterocycles. The third kappa shape index (κ3) is 3.23. The van der Waals surface area contributed by atoms with Crippen molar-refractivity contribution in [3.8, 4) is 0 Å². The predicted molar refractivity (Wildman–Crippen MR) is 59.1 cm³/mol. The largest absolute Gasteiger partial charge is 0.0993 e. The number of benzene rings is 1. The highest BCUT2D eigenvalue weighted by molar-refractivity contribution is 6.30. The van der Waals surface area contributed by atoms with Gasteiger partial charge in [-0.15, -0.1) is 0 Å². The molecule has 1 aromatic carbocycles. The second kappa shape index (κ2) is 4.48. The maximum Gasteiger partial charge on any atom is 0.0406 e. The van der Waals surface area contributed by atoms with Crippen LogP contribution < -0.4 is 0 Å². The number of rotatable bonds is 3. The average molecular weight is 195 g/mol. The molecule has 0 N–H and O–H groups in total. The third-order valence-electron chi connectivity index (χ3n) is 2.16. The van der Waals surface area contributed by atoms with Gasteiger partial charge in [0.1, 0.15) is 0 Å². The summed E-state index contributed by atoms with van der Waals surface area (Å²) in [5.74, 6) is 0.552. The van der Waals surface area contributed by atoms with Crippen LogP contribution in [0.25, 0.3) is 0 Å². The van der Waals surface area contributed by atoms with Crippen LogP contribution in [-0.2, 0) is 6.42 Å². The maximum absolute atomic E-state index is 5.79. The molecule has 70 valence electrons. The van der Waals surface area contributed by atoms with E-state index in [1.165, 1.54) is 11.1 Å². The first-order valence-corrected chi connectivity index (χ1v) is 4.89. The topological polar surface area (TPSA) is 0 Å². The molecule has 0 aliphatic carbocycles. The standard InChI is InChI=1S/C12H15Cl/c1-9(2)10(3)8-11-4-6-12(13)7-5-11/h4-7,9H,3,8H2,1-2H3. The lowest BCUT2D eigenvalue weighted by atomic mass is 9.98. The lowest BCUT2D eigenvalue weighted by Crippen LogP contribution is -1.96. The monoisotopic (exact) mass is 194 g/mol. The van der Waals surface area contributed by atoms with Crippen molar-refractivity contribution >= 4 is 11.6 Å². The highest BCUT2D eigenvalue weighted by atomic mass is 35.5. The predicted octanol–water partition coefficient (Wildman–Crippen LogP) is 4.09. The van der Waals surface area contributed by atoms with Gasteiger partial charge in [0.05, 0.1) is 0 Å². The van der Waals surface area contributed by atoms with Crippen LogP contribution >= 0.6 is 11.6 Å². The van der Waals surface area contributed by atoms with Gasteiger partial charge in [-0.2, -0.15) is 0 Å². The van der Waals surface area contributed by atoms with E-state index in [0.29, 0.717) is 5.92 Å². The van der Waals surface area contributed by atoms with Crippen LogP contribution in [0, 0.1) is 5.92 Å². The SMILES string of the molecule is C=C(Cc1ccc(Cl)cc1)C(C)C. The van der Waals surface area contributed by atoms with Gasteiger partial charge in [-0.3, -0.25) is 0 Å². The summed E-state index contributed by atoms with van der Waals surface area (Å²) in [6, 6.07) is 7.95. The zero-order chi connectivity index (χ0) is 9.84. The van der Waals surface area contributed by atoms with Gasteiger partial charge in [0.2, 0.25) is 0 Å². The molecule has 0 spiro atoms. The second-order valence-corrected chi connectivity index (χ2v) is 4.05. The molecule has 0 amide bonds. The van der Waals surface area contributed by atoms with E-state index in [1.807, 2.05) is 12.1 Å². The lowest BCUT2D eigenvalue weighted by Gasteiger charge is -2.08. The van der Waals surface area contributed by atoms with Gasteiger partial charge in [0.15, 0.2) is 0 Å². The molecule has 0 saturated heterocycles. The van der Waals surface area contributed by atoms with E-state index in [2.05, 4.69) is 32.6 Å². The Morgan fingerprint density at radius 2 is 1.85 bits per heavy atom. The second-order valence-electron chi connectivity index (χ2n) is 3.62. The van der Waals surface area contributed by atoms with E-state index < -0.39 is 0 Å². The zero-order valence-corrected chi connectivity index (χ0v) is 8.93. The molecular formula is C12H15Cl. The van der Waals surface area contributed by atoms with Gasteiger partial charge in [-0.1, -0.05) is 49.7 Å². The molecule has 0 unspecified atom stereocenters. The number of hydrogen-bond donors (Lipinski definition) is 0. The first-order chi connectivity index (χ1) is 6.09. The van der Waals surface area contributed by atoms with E-state index in [-0.39, 0.29) is 0 Å². The Morgan fingerprint density at radius 1 is 1.31 bits per heavy atom. The Labute approximate surface area is 85.2 Å². The van der Waals surface area contributed by atoms with Crippen molar-refractivity contribution in [2.75, 3.05) is 0 Å². The fraction of sp³-hybridized carbons (Fsp3) is 0.333. The fourth-order valence-corrected chi connectivity index (χ4v) is 1.19. The number of hydrogen-bond acceptors (Lipinski definition) is 0. The molecule has 0 atom stereocenters. The first-order valence-electron chi connectivity index (χ1n) is 4.51. The van der Waals surface area contributed by atoms with Crippen molar-refractivity contribution in [1.29, 1.82) is 0 Å². The minimum atomic E-state index is 0.552. The van der Waals surface area contributed by atoms with E-state index in [0.717, 1.165) is 11.4 Å². The number of halogens is 1. The Balaban J connectivity index is 2.65. The van der Waals surface area contributed by atoms with E-state index in [1.54, 1.807) is 0 Å². The average Bonchev–Trinajstić information content (AvgIpc) is 2.08. The molecular weight excluding hydrogens is 180 g/mol. The van der Waals surface area contributed by atoms with Crippen LogP contribution in [0.5, 0.6) is 0 Å². The van der Waals surface area contributed by atoms with Gasteiger partial charge in [-0.25, -0.2) is 0 Å². The summed E-state index contributed by atoms with van der Waals surface area (Å²) in [5, 5.41) is 0.791. The molecule has 1 heteroatoms. The molecule has 1 aromatic rings. The Bertz CT molecular complexity index is 282. The van der Waals surface area contributed by atoms with Crippen LogP contribution in [0.2, 0.25) is 5.02 Å². The van der Waals surface area contributed by atoms with Crippen LogP contribution in [-0.4, -0.2) is 0 Å². The fourth-order valence-electron chi connectivity index (χ4n) is 1.07. The van der Waals surface area contributed by atoms with E-state index in [4.69, 9.17) is 11.6 Å². The van der Waals surface area contributed by atoms with Crippen molar-refractivity contribution < 1.29 is 0 Å². The maximum atomic E-state index is 5.79. The summed E-state index contributed by atoms with van der Waals surface area (Å²) < 4.78 is 0. The van der Waals surface area contributed by atoms with Crippen LogP contribution in [0.15, 0.2) is 36.4 Å². The molecule has 0 nitrogen and oxygen atoms in total. The summed E-state index contributed by atoms with van der Waals surface area (Å²) in [5.41, 5.74) is 2.55. The lowest BCUT2D eigenvalue weighted by molar-refractivity contribution is 0.745. The molecule has 0 heterocycles. The Kier molecular flexibility index (Phi) is 3.56.